The lowest BCUT2D eigenvalue weighted by Gasteiger charge is -2.15. The monoisotopic (exact) mass is 292 g/mol. The second-order valence-corrected chi connectivity index (χ2v) is 4.92. The highest BCUT2D eigenvalue weighted by molar-refractivity contribution is 6.30. The van der Waals surface area contributed by atoms with Crippen LogP contribution in [0.1, 0.15) is 28.9 Å². The molecule has 0 aromatic heterocycles. The minimum atomic E-state index is -0.500. The summed E-state index contributed by atoms with van der Waals surface area (Å²) in [5.41, 5.74) is 6.90. The fourth-order valence-electron chi connectivity index (χ4n) is 1.86. The molecule has 0 heterocycles. The van der Waals surface area contributed by atoms with Crippen molar-refractivity contribution in [2.45, 2.75) is 13.0 Å². The Morgan fingerprint density at radius 3 is 2.75 bits per heavy atom. The maximum absolute atomic E-state index is 13.2. The SMILES string of the molecule is C[C@@H](NC(=O)c1cc(F)ccc1N)c1cccc(Cl)c1. The zero-order valence-corrected chi connectivity index (χ0v) is 11.6. The van der Waals surface area contributed by atoms with Crippen molar-refractivity contribution < 1.29 is 9.18 Å². The van der Waals surface area contributed by atoms with Crippen molar-refractivity contribution in [3.63, 3.8) is 0 Å². The maximum atomic E-state index is 13.2. The number of hydrogen-bond acceptors (Lipinski definition) is 2. The number of rotatable bonds is 3. The van der Waals surface area contributed by atoms with E-state index in [1.165, 1.54) is 12.1 Å². The molecule has 0 saturated heterocycles. The molecule has 2 rings (SSSR count). The number of nitrogens with one attached hydrogen (secondary N) is 1. The third kappa shape index (κ3) is 3.27. The third-order valence-electron chi connectivity index (χ3n) is 2.96. The van der Waals surface area contributed by atoms with E-state index in [1.54, 1.807) is 18.2 Å². The largest absolute Gasteiger partial charge is 0.398 e. The van der Waals surface area contributed by atoms with Gasteiger partial charge in [0.25, 0.3) is 5.91 Å². The molecule has 2 aromatic rings. The lowest BCUT2D eigenvalue weighted by molar-refractivity contribution is 0.0940. The lowest BCUT2D eigenvalue weighted by atomic mass is 10.1. The molecule has 2 aromatic carbocycles. The first-order valence-electron chi connectivity index (χ1n) is 6.08. The van der Waals surface area contributed by atoms with Crippen LogP contribution in [-0.2, 0) is 0 Å². The molecule has 1 atom stereocenters. The molecule has 0 spiro atoms. The highest BCUT2D eigenvalue weighted by atomic mass is 35.5. The summed E-state index contributed by atoms with van der Waals surface area (Å²) in [7, 11) is 0. The third-order valence-corrected chi connectivity index (χ3v) is 3.19. The van der Waals surface area contributed by atoms with E-state index < -0.39 is 11.7 Å². The number of benzene rings is 2. The number of hydrogen-bond donors (Lipinski definition) is 2. The topological polar surface area (TPSA) is 55.1 Å². The van der Waals surface area contributed by atoms with Crippen LogP contribution in [0, 0.1) is 5.82 Å². The smallest absolute Gasteiger partial charge is 0.253 e. The number of nitrogens with two attached hydrogens (primary N) is 1. The summed E-state index contributed by atoms with van der Waals surface area (Å²) in [4.78, 5) is 12.1. The van der Waals surface area contributed by atoms with Crippen LogP contribution in [0.5, 0.6) is 0 Å². The summed E-state index contributed by atoms with van der Waals surface area (Å²) in [5.74, 6) is -0.922. The standard InChI is InChI=1S/C15H14ClFN2O/c1-9(10-3-2-4-11(16)7-10)19-15(20)13-8-12(17)5-6-14(13)18/h2-9H,18H2,1H3,(H,19,20)/t9-/m1/s1. The molecule has 104 valence electrons. The number of nitrogen functional groups attached to an aromatic ring is 1. The number of carbonyl (C=O) groups is 1. The van der Waals surface area contributed by atoms with Crippen molar-refractivity contribution in [3.8, 4) is 0 Å². The molecule has 0 bridgehead atoms. The Morgan fingerprint density at radius 2 is 2.05 bits per heavy atom. The van der Waals surface area contributed by atoms with Crippen molar-refractivity contribution >= 4 is 23.2 Å². The van der Waals surface area contributed by atoms with Gasteiger partial charge in [-0.25, -0.2) is 4.39 Å². The highest BCUT2D eigenvalue weighted by Gasteiger charge is 2.14. The van der Waals surface area contributed by atoms with Crippen molar-refractivity contribution in [3.05, 3.63) is 64.4 Å². The van der Waals surface area contributed by atoms with E-state index in [-0.39, 0.29) is 17.3 Å². The fourth-order valence-corrected chi connectivity index (χ4v) is 2.06. The molecule has 0 fully saturated rings. The van der Waals surface area contributed by atoms with Crippen molar-refractivity contribution in [1.82, 2.24) is 5.32 Å². The Bertz CT molecular complexity index is 646. The summed E-state index contributed by atoms with van der Waals surface area (Å²) in [6, 6.07) is 10.6. The quantitative estimate of drug-likeness (QED) is 0.850. The van der Waals surface area contributed by atoms with Crippen LogP contribution in [-0.4, -0.2) is 5.91 Å². The number of amides is 1. The fraction of sp³-hybridized carbons (Fsp3) is 0.133. The van der Waals surface area contributed by atoms with E-state index in [4.69, 9.17) is 17.3 Å². The number of halogens is 2. The van der Waals surface area contributed by atoms with Gasteiger partial charge in [0.1, 0.15) is 5.82 Å². The van der Waals surface area contributed by atoms with Crippen LogP contribution < -0.4 is 11.1 Å². The average Bonchev–Trinajstić information content (AvgIpc) is 2.41. The molecule has 0 aliphatic rings. The van der Waals surface area contributed by atoms with Gasteiger partial charge in [0.2, 0.25) is 0 Å². The predicted octanol–water partition coefficient (Wildman–Crippen LogP) is 3.55. The second kappa shape index (κ2) is 5.92. The first kappa shape index (κ1) is 14.3. The van der Waals surface area contributed by atoms with E-state index in [9.17, 15) is 9.18 Å². The van der Waals surface area contributed by atoms with Gasteiger partial charge in [-0.1, -0.05) is 23.7 Å². The zero-order chi connectivity index (χ0) is 14.7. The lowest BCUT2D eigenvalue weighted by Crippen LogP contribution is -2.27. The second-order valence-electron chi connectivity index (χ2n) is 4.48. The van der Waals surface area contributed by atoms with E-state index in [0.29, 0.717) is 5.02 Å². The van der Waals surface area contributed by atoms with Gasteiger partial charge in [0.15, 0.2) is 0 Å². The van der Waals surface area contributed by atoms with Crippen molar-refractivity contribution in [2.75, 3.05) is 5.73 Å². The Labute approximate surface area is 121 Å². The summed E-state index contributed by atoms with van der Waals surface area (Å²) in [5, 5.41) is 3.36. The summed E-state index contributed by atoms with van der Waals surface area (Å²) in [6.07, 6.45) is 0. The maximum Gasteiger partial charge on any atom is 0.253 e. The van der Waals surface area contributed by atoms with Crippen LogP contribution in [0.25, 0.3) is 0 Å². The van der Waals surface area contributed by atoms with Crippen molar-refractivity contribution in [1.29, 1.82) is 0 Å². The van der Waals surface area contributed by atoms with E-state index in [0.717, 1.165) is 11.6 Å². The molecule has 5 heteroatoms. The van der Waals surface area contributed by atoms with Crippen LogP contribution in [0.4, 0.5) is 10.1 Å². The number of carbonyl (C=O) groups excluding carboxylic acids is 1. The van der Waals surface area contributed by atoms with E-state index in [1.807, 2.05) is 13.0 Å². The Balaban J connectivity index is 2.17. The minimum Gasteiger partial charge on any atom is -0.398 e. The van der Waals surface area contributed by atoms with Gasteiger partial charge in [-0.2, -0.15) is 0 Å². The molecule has 20 heavy (non-hydrogen) atoms. The molecule has 0 aliphatic carbocycles. The van der Waals surface area contributed by atoms with Crippen LogP contribution in [0.15, 0.2) is 42.5 Å². The molecule has 1 amide bonds. The average molecular weight is 293 g/mol. The first-order valence-corrected chi connectivity index (χ1v) is 6.46. The van der Waals surface area contributed by atoms with Gasteiger partial charge >= 0.3 is 0 Å². The van der Waals surface area contributed by atoms with Gasteiger partial charge in [0.05, 0.1) is 11.6 Å². The van der Waals surface area contributed by atoms with E-state index >= 15 is 0 Å². The van der Waals surface area contributed by atoms with Crippen molar-refractivity contribution in [2.24, 2.45) is 0 Å². The summed E-state index contributed by atoms with van der Waals surface area (Å²) >= 11 is 5.91. The highest BCUT2D eigenvalue weighted by Crippen LogP contribution is 2.19. The molecular weight excluding hydrogens is 279 g/mol. The minimum absolute atomic E-state index is 0.124. The van der Waals surface area contributed by atoms with Gasteiger partial charge in [-0.3, -0.25) is 4.79 Å². The molecule has 0 saturated carbocycles. The summed E-state index contributed by atoms with van der Waals surface area (Å²) in [6.45, 7) is 1.82. The predicted molar refractivity (Wildman–Crippen MR) is 78.1 cm³/mol. The van der Waals surface area contributed by atoms with Gasteiger partial charge in [-0.15, -0.1) is 0 Å². The molecule has 0 unspecified atom stereocenters. The zero-order valence-electron chi connectivity index (χ0n) is 10.9. The Kier molecular flexibility index (Phi) is 4.25. The summed E-state index contributed by atoms with van der Waals surface area (Å²) < 4.78 is 13.2. The number of anilines is 1. The molecule has 0 radical (unpaired) electrons. The molecule has 0 aliphatic heterocycles. The van der Waals surface area contributed by atoms with Crippen LogP contribution in [0.3, 0.4) is 0 Å². The molecular formula is C15H14ClFN2O. The normalized spacial score (nSPS) is 11.9. The van der Waals surface area contributed by atoms with Gasteiger partial charge < -0.3 is 11.1 Å². The van der Waals surface area contributed by atoms with Gasteiger partial charge in [0, 0.05) is 10.7 Å². The first-order chi connectivity index (χ1) is 9.47. The Morgan fingerprint density at radius 1 is 1.30 bits per heavy atom. The van der Waals surface area contributed by atoms with Gasteiger partial charge in [-0.05, 0) is 42.8 Å². The Hall–Kier alpha value is -2.07. The van der Waals surface area contributed by atoms with Crippen LogP contribution >= 0.6 is 11.6 Å². The van der Waals surface area contributed by atoms with Crippen LogP contribution in [0.2, 0.25) is 5.02 Å². The molecule has 3 nitrogen and oxygen atoms in total. The van der Waals surface area contributed by atoms with E-state index in [2.05, 4.69) is 5.32 Å². The molecule has 3 N–H and O–H groups in total.